The highest BCUT2D eigenvalue weighted by molar-refractivity contribution is 6.06. The predicted molar refractivity (Wildman–Crippen MR) is 143 cm³/mol. The summed E-state index contributed by atoms with van der Waals surface area (Å²) in [5.41, 5.74) is 3.99. The molecule has 1 aromatic carbocycles. The third-order valence-corrected chi connectivity index (χ3v) is 6.67. The molecule has 3 N–H and O–H groups in total. The monoisotopic (exact) mass is 498 g/mol. The predicted octanol–water partition coefficient (Wildman–Crippen LogP) is 3.02. The maximum absolute atomic E-state index is 12.3. The lowest BCUT2D eigenvalue weighted by atomic mass is 9.96. The standard InChI is InChI=1S/C27H30N8O2/c1-17(20-6-3-7-21-22(26(37)28-2)8-9-29-25(20)21)12-30-24-11-23(33-16-34-24)18-13-31-27(32-14-18)35-10-4-5-19(36)15-35/h3,6-9,11,13-14,16-17,19,36H,4-5,10,12,15H2,1-2H3,(H,28,37)(H,30,33,34). The fourth-order valence-corrected chi connectivity index (χ4v) is 4.66. The summed E-state index contributed by atoms with van der Waals surface area (Å²) in [5.74, 6) is 1.29. The molecule has 0 bridgehead atoms. The highest BCUT2D eigenvalue weighted by atomic mass is 16.3. The topological polar surface area (TPSA) is 129 Å². The number of nitrogens with one attached hydrogen (secondary N) is 2. The average molecular weight is 499 g/mol. The number of nitrogens with zero attached hydrogens (tertiary/aromatic N) is 6. The highest BCUT2D eigenvalue weighted by Crippen LogP contribution is 2.27. The maximum atomic E-state index is 12.3. The van der Waals surface area contributed by atoms with E-state index < -0.39 is 0 Å². The van der Waals surface area contributed by atoms with Gasteiger partial charge in [-0.3, -0.25) is 9.78 Å². The first-order chi connectivity index (χ1) is 18.0. The van der Waals surface area contributed by atoms with Crippen LogP contribution in [0.1, 0.15) is 41.6 Å². The second-order valence-corrected chi connectivity index (χ2v) is 9.27. The molecule has 10 nitrogen and oxygen atoms in total. The van der Waals surface area contributed by atoms with Gasteiger partial charge in [-0.2, -0.15) is 0 Å². The number of piperidine rings is 1. The van der Waals surface area contributed by atoms with Crippen LogP contribution < -0.4 is 15.5 Å². The summed E-state index contributed by atoms with van der Waals surface area (Å²) in [6.45, 7) is 4.13. The van der Waals surface area contributed by atoms with E-state index >= 15 is 0 Å². The number of hydrogen-bond donors (Lipinski definition) is 3. The van der Waals surface area contributed by atoms with Gasteiger partial charge < -0.3 is 20.6 Å². The van der Waals surface area contributed by atoms with Crippen molar-refractivity contribution in [2.75, 3.05) is 36.9 Å². The van der Waals surface area contributed by atoms with Gasteiger partial charge in [-0.15, -0.1) is 0 Å². The summed E-state index contributed by atoms with van der Waals surface area (Å²) in [4.78, 5) is 36.6. The van der Waals surface area contributed by atoms with Crippen LogP contribution in [0.15, 0.2) is 55.2 Å². The number of anilines is 2. The normalized spacial score (nSPS) is 16.4. The first kappa shape index (κ1) is 24.5. The molecule has 5 rings (SSSR count). The van der Waals surface area contributed by atoms with E-state index in [1.165, 1.54) is 6.33 Å². The number of fused-ring (bicyclic) bond motifs is 1. The van der Waals surface area contributed by atoms with Crippen molar-refractivity contribution in [2.24, 2.45) is 0 Å². The van der Waals surface area contributed by atoms with E-state index in [9.17, 15) is 9.90 Å². The minimum absolute atomic E-state index is 0.108. The van der Waals surface area contributed by atoms with Crippen molar-refractivity contribution in [1.29, 1.82) is 0 Å². The van der Waals surface area contributed by atoms with Gasteiger partial charge in [-0.05, 0) is 24.5 Å². The molecule has 1 aliphatic heterocycles. The van der Waals surface area contributed by atoms with E-state index in [1.54, 1.807) is 31.7 Å². The van der Waals surface area contributed by atoms with E-state index in [-0.39, 0.29) is 17.9 Å². The Labute approximate surface area is 215 Å². The lowest BCUT2D eigenvalue weighted by molar-refractivity contribution is 0.0964. The van der Waals surface area contributed by atoms with Crippen LogP contribution in [-0.4, -0.2) is 68.7 Å². The van der Waals surface area contributed by atoms with Crippen LogP contribution in [0.3, 0.4) is 0 Å². The summed E-state index contributed by atoms with van der Waals surface area (Å²) in [6.07, 6.45) is 8.11. The lowest BCUT2D eigenvalue weighted by Gasteiger charge is -2.29. The van der Waals surface area contributed by atoms with Crippen LogP contribution in [0, 0.1) is 0 Å². The Bertz CT molecular complexity index is 1400. The number of aliphatic hydroxyl groups is 1. The Morgan fingerprint density at radius 1 is 1.16 bits per heavy atom. The molecule has 1 amide bonds. The zero-order chi connectivity index (χ0) is 25.8. The van der Waals surface area contributed by atoms with Gasteiger partial charge in [0, 0.05) is 68.2 Å². The molecule has 190 valence electrons. The molecule has 0 spiro atoms. The van der Waals surface area contributed by atoms with Gasteiger partial charge in [0.25, 0.3) is 5.91 Å². The average Bonchev–Trinajstić information content (AvgIpc) is 2.95. The van der Waals surface area contributed by atoms with E-state index in [1.807, 2.05) is 29.2 Å². The van der Waals surface area contributed by atoms with Crippen molar-refractivity contribution in [3.8, 4) is 11.3 Å². The smallest absolute Gasteiger partial charge is 0.251 e. The van der Waals surface area contributed by atoms with Crippen LogP contribution in [0.5, 0.6) is 0 Å². The Hall–Kier alpha value is -4.18. The van der Waals surface area contributed by atoms with Gasteiger partial charge >= 0.3 is 0 Å². The largest absolute Gasteiger partial charge is 0.391 e. The molecule has 2 unspecified atom stereocenters. The lowest BCUT2D eigenvalue weighted by Crippen LogP contribution is -2.39. The van der Waals surface area contributed by atoms with Crippen LogP contribution in [0.4, 0.5) is 11.8 Å². The van der Waals surface area contributed by atoms with Crippen LogP contribution in [0.2, 0.25) is 0 Å². The summed E-state index contributed by atoms with van der Waals surface area (Å²) >= 11 is 0. The third kappa shape index (κ3) is 5.34. The molecule has 37 heavy (non-hydrogen) atoms. The third-order valence-electron chi connectivity index (χ3n) is 6.67. The van der Waals surface area contributed by atoms with Crippen LogP contribution >= 0.6 is 0 Å². The number of β-amino-alcohol motifs (C(OH)–C–C–N with tert-alkyl or cyclic N) is 1. The number of pyridine rings is 1. The number of benzene rings is 1. The molecule has 0 aliphatic carbocycles. The summed E-state index contributed by atoms with van der Waals surface area (Å²) < 4.78 is 0. The zero-order valence-electron chi connectivity index (χ0n) is 20.9. The number of aromatic nitrogens is 5. The minimum Gasteiger partial charge on any atom is -0.391 e. The van der Waals surface area contributed by atoms with Crippen molar-refractivity contribution in [2.45, 2.75) is 31.8 Å². The molecule has 4 aromatic rings. The van der Waals surface area contributed by atoms with E-state index in [0.717, 1.165) is 47.1 Å². The minimum atomic E-state index is -0.336. The van der Waals surface area contributed by atoms with Gasteiger partial charge in [-0.25, -0.2) is 19.9 Å². The van der Waals surface area contributed by atoms with Gasteiger partial charge in [-0.1, -0.05) is 25.1 Å². The molecule has 10 heteroatoms. The van der Waals surface area contributed by atoms with E-state index in [4.69, 9.17) is 0 Å². The zero-order valence-corrected chi connectivity index (χ0v) is 20.9. The molecule has 1 aliphatic rings. The molecule has 0 saturated carbocycles. The Morgan fingerprint density at radius 3 is 2.78 bits per heavy atom. The second-order valence-electron chi connectivity index (χ2n) is 9.27. The SMILES string of the molecule is CNC(=O)c1ccnc2c(C(C)CNc3cc(-c4cnc(N5CCCC(O)C5)nc4)ncn3)cccc12. The highest BCUT2D eigenvalue weighted by Gasteiger charge is 2.20. The van der Waals surface area contributed by atoms with Crippen LogP contribution in [0.25, 0.3) is 22.2 Å². The molecule has 0 radical (unpaired) electrons. The summed E-state index contributed by atoms with van der Waals surface area (Å²) in [7, 11) is 1.63. The summed E-state index contributed by atoms with van der Waals surface area (Å²) in [6, 6.07) is 9.54. The van der Waals surface area contributed by atoms with Gasteiger partial charge in [0.2, 0.25) is 5.95 Å². The van der Waals surface area contributed by atoms with Crippen molar-refractivity contribution in [3.05, 3.63) is 66.4 Å². The number of amides is 1. The van der Waals surface area contributed by atoms with Gasteiger partial charge in [0.05, 0.1) is 22.9 Å². The Morgan fingerprint density at radius 2 is 2.00 bits per heavy atom. The number of carbonyl (C=O) groups is 1. The fraction of sp³-hybridized carbons (Fsp3) is 0.333. The number of aliphatic hydroxyl groups excluding tert-OH is 1. The first-order valence-corrected chi connectivity index (χ1v) is 12.4. The molecule has 4 heterocycles. The molecule has 3 aromatic heterocycles. The van der Waals surface area contributed by atoms with Crippen molar-refractivity contribution >= 4 is 28.6 Å². The number of para-hydroxylation sites is 1. The molecular weight excluding hydrogens is 468 g/mol. The second kappa shape index (κ2) is 10.8. The first-order valence-electron chi connectivity index (χ1n) is 12.4. The van der Waals surface area contributed by atoms with E-state index in [0.29, 0.717) is 30.4 Å². The fourth-order valence-electron chi connectivity index (χ4n) is 4.66. The van der Waals surface area contributed by atoms with Gasteiger partial charge in [0.1, 0.15) is 12.1 Å². The van der Waals surface area contributed by atoms with Crippen molar-refractivity contribution < 1.29 is 9.90 Å². The molecule has 1 saturated heterocycles. The molecular formula is C27H30N8O2. The Kier molecular flexibility index (Phi) is 7.18. The number of carbonyl (C=O) groups excluding carboxylic acids is 1. The quantitative estimate of drug-likeness (QED) is 0.352. The number of rotatable bonds is 7. The summed E-state index contributed by atoms with van der Waals surface area (Å²) in [5, 5.41) is 16.8. The van der Waals surface area contributed by atoms with Crippen LogP contribution in [-0.2, 0) is 0 Å². The molecule has 2 atom stereocenters. The van der Waals surface area contributed by atoms with Crippen molar-refractivity contribution in [3.63, 3.8) is 0 Å². The van der Waals surface area contributed by atoms with E-state index in [2.05, 4.69) is 42.5 Å². The maximum Gasteiger partial charge on any atom is 0.251 e. The molecule has 1 fully saturated rings. The van der Waals surface area contributed by atoms with Gasteiger partial charge in [0.15, 0.2) is 0 Å². The van der Waals surface area contributed by atoms with Crippen molar-refractivity contribution in [1.82, 2.24) is 30.2 Å². The Balaban J connectivity index is 1.29. The number of hydrogen-bond acceptors (Lipinski definition) is 9.